The molecule has 0 atom stereocenters. The molecule has 6 nitrogen and oxygen atoms in total. The van der Waals surface area contributed by atoms with E-state index in [9.17, 15) is 18.0 Å². The lowest BCUT2D eigenvalue weighted by Crippen LogP contribution is -2.26. The smallest absolute Gasteiger partial charge is 0.253 e. The van der Waals surface area contributed by atoms with Gasteiger partial charge in [0.15, 0.2) is 9.84 Å². The Kier molecular flexibility index (Phi) is 5.94. The van der Waals surface area contributed by atoms with Crippen molar-refractivity contribution in [1.29, 1.82) is 0 Å². The van der Waals surface area contributed by atoms with Gasteiger partial charge in [-0.2, -0.15) is 0 Å². The summed E-state index contributed by atoms with van der Waals surface area (Å²) in [4.78, 5) is 25.7. The van der Waals surface area contributed by atoms with Crippen molar-refractivity contribution >= 4 is 27.3 Å². The van der Waals surface area contributed by atoms with Gasteiger partial charge < -0.3 is 10.2 Å². The summed E-state index contributed by atoms with van der Waals surface area (Å²) >= 11 is 0. The van der Waals surface area contributed by atoms with E-state index in [1.54, 1.807) is 43.4 Å². The van der Waals surface area contributed by atoms with Crippen LogP contribution in [-0.2, 0) is 21.2 Å². The minimum atomic E-state index is -3.25. The zero-order valence-corrected chi connectivity index (χ0v) is 15.4. The number of amides is 2. The summed E-state index contributed by atoms with van der Waals surface area (Å²) in [6.07, 6.45) is 2.30. The number of benzene rings is 2. The van der Waals surface area contributed by atoms with Crippen LogP contribution in [0.4, 0.5) is 5.69 Å². The highest BCUT2D eigenvalue weighted by Gasteiger charge is 2.14. The van der Waals surface area contributed by atoms with E-state index in [-0.39, 0.29) is 16.7 Å². The second-order valence-electron chi connectivity index (χ2n) is 5.85. The largest absolute Gasteiger partial charge is 0.337 e. The summed E-state index contributed by atoms with van der Waals surface area (Å²) in [6.45, 7) is 3.71. The lowest BCUT2D eigenvalue weighted by molar-refractivity contribution is -0.111. The molecule has 0 fully saturated rings. The molecule has 136 valence electrons. The van der Waals surface area contributed by atoms with E-state index in [1.807, 2.05) is 0 Å². The van der Waals surface area contributed by atoms with Gasteiger partial charge in [-0.3, -0.25) is 9.59 Å². The minimum Gasteiger partial charge on any atom is -0.337 e. The third kappa shape index (κ3) is 5.03. The van der Waals surface area contributed by atoms with E-state index >= 15 is 0 Å². The highest BCUT2D eigenvalue weighted by molar-refractivity contribution is 7.90. The predicted molar refractivity (Wildman–Crippen MR) is 101 cm³/mol. The van der Waals surface area contributed by atoms with E-state index in [2.05, 4.69) is 11.9 Å². The van der Waals surface area contributed by atoms with Crippen molar-refractivity contribution < 1.29 is 18.0 Å². The average molecular weight is 372 g/mol. The topological polar surface area (TPSA) is 83.6 Å². The lowest BCUT2D eigenvalue weighted by atomic mass is 10.1. The van der Waals surface area contributed by atoms with Crippen molar-refractivity contribution in [3.63, 3.8) is 0 Å². The van der Waals surface area contributed by atoms with Crippen LogP contribution in [0.15, 0.2) is 66.1 Å². The minimum absolute atomic E-state index is 0.216. The Hall–Kier alpha value is -2.93. The van der Waals surface area contributed by atoms with Gasteiger partial charge in [-0.15, -0.1) is 0 Å². The Morgan fingerprint density at radius 3 is 2.38 bits per heavy atom. The first kappa shape index (κ1) is 19.4. The fourth-order valence-corrected chi connectivity index (χ4v) is 2.96. The zero-order valence-electron chi connectivity index (χ0n) is 14.6. The van der Waals surface area contributed by atoms with Gasteiger partial charge in [0.25, 0.3) is 5.91 Å². The third-order valence-electron chi connectivity index (χ3n) is 3.68. The normalized spacial score (nSPS) is 10.8. The van der Waals surface area contributed by atoms with Gasteiger partial charge in [0.05, 0.1) is 4.90 Å². The van der Waals surface area contributed by atoms with Crippen LogP contribution in [0.3, 0.4) is 0 Å². The monoisotopic (exact) mass is 372 g/mol. The van der Waals surface area contributed by atoms with E-state index in [0.29, 0.717) is 17.8 Å². The van der Waals surface area contributed by atoms with Crippen molar-refractivity contribution in [3.8, 4) is 0 Å². The molecule has 0 bridgehead atoms. The summed E-state index contributed by atoms with van der Waals surface area (Å²) in [5.41, 5.74) is 1.75. The first-order valence-electron chi connectivity index (χ1n) is 7.78. The molecule has 0 aliphatic heterocycles. The van der Waals surface area contributed by atoms with E-state index in [0.717, 1.165) is 17.9 Å². The summed E-state index contributed by atoms with van der Waals surface area (Å²) < 4.78 is 23.0. The molecule has 2 aromatic carbocycles. The maximum Gasteiger partial charge on any atom is 0.253 e. The standard InChI is InChI=1S/C19H20N2O4S/c1-4-18(22)20-16-7-5-6-15(12-16)19(23)21(2)13-14-8-10-17(11-9-14)26(3,24)25/h4-12H,1,13H2,2-3H3,(H,20,22). The maximum atomic E-state index is 12.6. The number of anilines is 1. The molecular formula is C19H20N2O4S. The molecule has 0 saturated heterocycles. The van der Waals surface area contributed by atoms with Crippen molar-refractivity contribution in [3.05, 3.63) is 72.3 Å². The number of carbonyl (C=O) groups is 2. The van der Waals surface area contributed by atoms with Gasteiger partial charge in [-0.25, -0.2) is 8.42 Å². The quantitative estimate of drug-likeness (QED) is 0.790. The number of sulfone groups is 1. The van der Waals surface area contributed by atoms with E-state index in [1.165, 1.54) is 17.0 Å². The molecule has 7 heteroatoms. The molecule has 0 aliphatic rings. The molecular weight excluding hydrogens is 352 g/mol. The highest BCUT2D eigenvalue weighted by Crippen LogP contribution is 2.15. The molecule has 0 unspecified atom stereocenters. The molecule has 2 rings (SSSR count). The van der Waals surface area contributed by atoms with Crippen molar-refractivity contribution in [2.24, 2.45) is 0 Å². The molecule has 0 radical (unpaired) electrons. The molecule has 2 aromatic rings. The molecule has 0 saturated carbocycles. The fraction of sp³-hybridized carbons (Fsp3) is 0.158. The second kappa shape index (κ2) is 7.97. The number of carbonyl (C=O) groups excluding carboxylic acids is 2. The van der Waals surface area contributed by atoms with Gasteiger partial charge in [-0.1, -0.05) is 24.8 Å². The number of hydrogen-bond donors (Lipinski definition) is 1. The number of nitrogens with one attached hydrogen (secondary N) is 1. The van der Waals surface area contributed by atoms with E-state index < -0.39 is 9.84 Å². The van der Waals surface area contributed by atoms with Crippen LogP contribution in [0.5, 0.6) is 0 Å². The molecule has 26 heavy (non-hydrogen) atoms. The summed E-state index contributed by atoms with van der Waals surface area (Å²) in [6, 6.07) is 13.0. The Morgan fingerprint density at radius 1 is 1.15 bits per heavy atom. The van der Waals surface area contributed by atoms with Crippen LogP contribution < -0.4 is 5.32 Å². The van der Waals surface area contributed by atoms with Gasteiger partial charge in [-0.05, 0) is 42.0 Å². The van der Waals surface area contributed by atoms with Gasteiger partial charge in [0, 0.05) is 31.1 Å². The average Bonchev–Trinajstić information content (AvgIpc) is 2.60. The summed E-state index contributed by atoms with van der Waals surface area (Å²) in [5, 5.41) is 2.61. The Balaban J connectivity index is 2.11. The Morgan fingerprint density at radius 2 is 1.81 bits per heavy atom. The summed E-state index contributed by atoms with van der Waals surface area (Å²) in [5.74, 6) is -0.569. The third-order valence-corrected chi connectivity index (χ3v) is 4.81. The SMILES string of the molecule is C=CC(=O)Nc1cccc(C(=O)N(C)Cc2ccc(S(C)(=O)=O)cc2)c1. The molecule has 0 aliphatic carbocycles. The van der Waals surface area contributed by atoms with Gasteiger partial charge >= 0.3 is 0 Å². The Labute approximate surface area is 153 Å². The van der Waals surface area contributed by atoms with Crippen molar-refractivity contribution in [2.75, 3.05) is 18.6 Å². The molecule has 0 spiro atoms. The van der Waals surface area contributed by atoms with Crippen LogP contribution in [0.2, 0.25) is 0 Å². The molecule has 0 heterocycles. The number of rotatable bonds is 6. The van der Waals surface area contributed by atoms with Gasteiger partial charge in [0.1, 0.15) is 0 Å². The van der Waals surface area contributed by atoms with Crippen LogP contribution in [0.1, 0.15) is 15.9 Å². The Bertz CT molecular complexity index is 934. The molecule has 2 amide bonds. The highest BCUT2D eigenvalue weighted by atomic mass is 32.2. The second-order valence-corrected chi connectivity index (χ2v) is 7.87. The van der Waals surface area contributed by atoms with Gasteiger partial charge in [0.2, 0.25) is 5.91 Å². The van der Waals surface area contributed by atoms with Crippen LogP contribution >= 0.6 is 0 Å². The van der Waals surface area contributed by atoms with Crippen LogP contribution in [0.25, 0.3) is 0 Å². The first-order valence-corrected chi connectivity index (χ1v) is 9.68. The number of hydrogen-bond acceptors (Lipinski definition) is 4. The molecule has 0 aromatic heterocycles. The molecule has 1 N–H and O–H groups in total. The van der Waals surface area contributed by atoms with Crippen molar-refractivity contribution in [1.82, 2.24) is 4.90 Å². The fourth-order valence-electron chi connectivity index (χ4n) is 2.33. The van der Waals surface area contributed by atoms with Crippen molar-refractivity contribution in [2.45, 2.75) is 11.4 Å². The summed E-state index contributed by atoms with van der Waals surface area (Å²) in [7, 11) is -1.59. The van der Waals surface area contributed by atoms with Crippen LogP contribution in [-0.4, -0.2) is 38.4 Å². The van der Waals surface area contributed by atoms with Crippen LogP contribution in [0, 0.1) is 0 Å². The zero-order chi connectivity index (χ0) is 19.3. The predicted octanol–water partition coefficient (Wildman–Crippen LogP) is 2.49. The van der Waals surface area contributed by atoms with E-state index in [4.69, 9.17) is 0 Å². The number of nitrogens with zero attached hydrogens (tertiary/aromatic N) is 1. The first-order chi connectivity index (χ1) is 12.2. The maximum absolute atomic E-state index is 12.6. The lowest BCUT2D eigenvalue weighted by Gasteiger charge is -2.18.